The molecular weight excluding hydrogens is 392 g/mol. The maximum Gasteiger partial charge on any atom is 0.252 e. The molecule has 142 valence electrons. The second-order valence-electron chi connectivity index (χ2n) is 7.25. The van der Waals surface area contributed by atoms with Crippen molar-refractivity contribution in [1.29, 1.82) is 0 Å². The molecule has 1 fully saturated rings. The summed E-state index contributed by atoms with van der Waals surface area (Å²) in [5.41, 5.74) is 2.85. The monoisotopic (exact) mass is 409 g/mol. The van der Waals surface area contributed by atoms with Gasteiger partial charge in [0.05, 0.1) is 5.75 Å². The predicted octanol–water partition coefficient (Wildman–Crippen LogP) is 5.15. The minimum atomic E-state index is -3.21. The summed E-state index contributed by atoms with van der Waals surface area (Å²) in [7, 11) is -3.21. The number of fused-ring (bicyclic) bond motifs is 1. The summed E-state index contributed by atoms with van der Waals surface area (Å²) in [4.78, 5) is 3.12. The van der Waals surface area contributed by atoms with Crippen molar-refractivity contribution in [2.75, 3.05) is 6.26 Å². The highest BCUT2D eigenvalue weighted by Crippen LogP contribution is 2.58. The van der Waals surface area contributed by atoms with Gasteiger partial charge in [0.15, 0.2) is 9.84 Å². The van der Waals surface area contributed by atoms with Crippen LogP contribution in [0.15, 0.2) is 48.7 Å². The van der Waals surface area contributed by atoms with Gasteiger partial charge in [0.1, 0.15) is 0 Å². The molecule has 1 heterocycles. The molecule has 3 aromatic rings. The fourth-order valence-electron chi connectivity index (χ4n) is 3.79. The molecule has 3 nitrogen and oxygen atoms in total. The van der Waals surface area contributed by atoms with E-state index in [1.54, 1.807) is 42.6 Å². The zero-order chi connectivity index (χ0) is 19.4. The van der Waals surface area contributed by atoms with Crippen LogP contribution in [0.2, 0.25) is 5.02 Å². The molecule has 1 aliphatic carbocycles. The Hall–Kier alpha value is -1.92. The molecule has 0 radical (unpaired) electrons. The zero-order valence-corrected chi connectivity index (χ0v) is 16.1. The molecule has 1 saturated carbocycles. The van der Waals surface area contributed by atoms with E-state index in [9.17, 15) is 17.2 Å². The fourth-order valence-corrected chi connectivity index (χ4v) is 4.73. The Kier molecular flexibility index (Phi) is 4.31. The number of hydrogen-bond acceptors (Lipinski definition) is 2. The Morgan fingerprint density at radius 3 is 2.48 bits per heavy atom. The van der Waals surface area contributed by atoms with Gasteiger partial charge in [-0.25, -0.2) is 17.2 Å². The molecular formula is C20H18ClF2NO2S. The van der Waals surface area contributed by atoms with Crippen LogP contribution in [0.3, 0.4) is 0 Å². The summed E-state index contributed by atoms with van der Waals surface area (Å²) in [6.07, 6.45) is 2.75. The van der Waals surface area contributed by atoms with E-state index in [1.165, 1.54) is 6.26 Å². The van der Waals surface area contributed by atoms with Crippen molar-refractivity contribution >= 4 is 32.3 Å². The van der Waals surface area contributed by atoms with E-state index >= 15 is 0 Å². The third kappa shape index (κ3) is 3.60. The van der Waals surface area contributed by atoms with E-state index in [0.717, 1.165) is 16.5 Å². The molecule has 2 aromatic carbocycles. The zero-order valence-electron chi connectivity index (χ0n) is 14.5. The Bertz CT molecular complexity index is 1110. The number of alkyl halides is 2. The van der Waals surface area contributed by atoms with Crippen LogP contribution in [0, 0.1) is 5.92 Å². The topological polar surface area (TPSA) is 49.9 Å². The number of H-pyrrole nitrogens is 1. The summed E-state index contributed by atoms with van der Waals surface area (Å²) < 4.78 is 51.4. The number of aromatic nitrogens is 1. The Morgan fingerprint density at radius 1 is 1.22 bits per heavy atom. The van der Waals surface area contributed by atoms with Crippen LogP contribution in [0.5, 0.6) is 0 Å². The lowest BCUT2D eigenvalue weighted by atomic mass is 9.86. The number of rotatable bonds is 5. The van der Waals surface area contributed by atoms with Crippen molar-refractivity contribution in [3.63, 3.8) is 0 Å². The van der Waals surface area contributed by atoms with Crippen molar-refractivity contribution in [2.45, 2.75) is 24.0 Å². The molecule has 1 aliphatic rings. The van der Waals surface area contributed by atoms with E-state index in [0.29, 0.717) is 16.1 Å². The first kappa shape index (κ1) is 18.4. The predicted molar refractivity (Wildman–Crippen MR) is 103 cm³/mol. The molecule has 27 heavy (non-hydrogen) atoms. The van der Waals surface area contributed by atoms with Crippen LogP contribution in [0.4, 0.5) is 8.78 Å². The van der Waals surface area contributed by atoms with Crippen molar-refractivity contribution in [3.05, 3.63) is 70.4 Å². The summed E-state index contributed by atoms with van der Waals surface area (Å²) in [6, 6.07) is 12.3. The van der Waals surface area contributed by atoms with Crippen molar-refractivity contribution < 1.29 is 17.2 Å². The van der Waals surface area contributed by atoms with Gasteiger partial charge in [-0.05, 0) is 28.8 Å². The van der Waals surface area contributed by atoms with Crippen LogP contribution in [-0.4, -0.2) is 25.6 Å². The summed E-state index contributed by atoms with van der Waals surface area (Å²) >= 11 is 5.96. The van der Waals surface area contributed by atoms with Crippen LogP contribution >= 0.6 is 11.6 Å². The molecule has 2 unspecified atom stereocenters. The highest BCUT2D eigenvalue weighted by atomic mass is 35.5. The van der Waals surface area contributed by atoms with Crippen molar-refractivity contribution in [2.24, 2.45) is 5.92 Å². The Balaban J connectivity index is 1.85. The Morgan fingerprint density at radius 2 is 1.89 bits per heavy atom. The van der Waals surface area contributed by atoms with Gasteiger partial charge in [-0.15, -0.1) is 0 Å². The van der Waals surface area contributed by atoms with E-state index in [4.69, 9.17) is 11.6 Å². The van der Waals surface area contributed by atoms with Crippen LogP contribution in [-0.2, 0) is 15.6 Å². The van der Waals surface area contributed by atoms with E-state index < -0.39 is 27.6 Å². The minimum Gasteiger partial charge on any atom is -0.361 e. The number of para-hydroxylation sites is 1. The average Bonchev–Trinajstić information content (AvgIpc) is 3.00. The normalized spacial score (nSPS) is 19.9. The highest BCUT2D eigenvalue weighted by molar-refractivity contribution is 7.89. The second kappa shape index (κ2) is 6.31. The summed E-state index contributed by atoms with van der Waals surface area (Å²) in [5.74, 6) is -4.07. The standard InChI is InChI=1S/C20H18ClF2NO2S/c1-27(25,26)11-13-3-2-4-15-16(10-24-19(13)15)18(17-9-20(17,22)23)12-5-7-14(21)8-6-12/h2-8,10,17-18,24H,9,11H2,1H3. The average molecular weight is 410 g/mol. The van der Waals surface area contributed by atoms with Gasteiger partial charge in [0.25, 0.3) is 5.92 Å². The smallest absolute Gasteiger partial charge is 0.252 e. The maximum atomic E-state index is 14.0. The molecule has 0 saturated heterocycles. The van der Waals surface area contributed by atoms with Gasteiger partial charge in [-0.2, -0.15) is 0 Å². The number of sulfone groups is 1. The van der Waals surface area contributed by atoms with E-state index in [1.807, 2.05) is 6.07 Å². The Labute approximate surface area is 161 Å². The van der Waals surface area contributed by atoms with Gasteiger partial charge in [0.2, 0.25) is 0 Å². The van der Waals surface area contributed by atoms with Gasteiger partial charge in [0, 0.05) is 46.6 Å². The molecule has 0 amide bonds. The highest BCUT2D eigenvalue weighted by Gasteiger charge is 2.61. The number of halogens is 3. The third-order valence-corrected chi connectivity index (χ3v) is 6.18. The molecule has 0 spiro atoms. The molecule has 0 bridgehead atoms. The number of benzene rings is 2. The van der Waals surface area contributed by atoms with Gasteiger partial charge < -0.3 is 4.98 Å². The molecule has 1 N–H and O–H groups in total. The van der Waals surface area contributed by atoms with Crippen molar-refractivity contribution in [3.8, 4) is 0 Å². The first-order valence-corrected chi connectivity index (χ1v) is 11.0. The van der Waals surface area contributed by atoms with Crippen molar-refractivity contribution in [1.82, 2.24) is 4.98 Å². The van der Waals surface area contributed by atoms with Crippen LogP contribution in [0.25, 0.3) is 10.9 Å². The third-order valence-electron chi connectivity index (χ3n) is 5.09. The molecule has 2 atom stereocenters. The molecule has 7 heteroatoms. The number of nitrogens with one attached hydrogen (secondary N) is 1. The largest absolute Gasteiger partial charge is 0.361 e. The van der Waals surface area contributed by atoms with Gasteiger partial charge in [-0.1, -0.05) is 41.9 Å². The lowest BCUT2D eigenvalue weighted by Gasteiger charge is -2.17. The fraction of sp³-hybridized carbons (Fsp3) is 0.300. The number of aromatic amines is 1. The first-order valence-electron chi connectivity index (χ1n) is 8.55. The lowest BCUT2D eigenvalue weighted by Crippen LogP contribution is -2.08. The van der Waals surface area contributed by atoms with E-state index in [-0.39, 0.29) is 12.2 Å². The summed E-state index contributed by atoms with van der Waals surface area (Å²) in [5, 5.41) is 1.33. The molecule has 4 rings (SSSR count). The molecule has 1 aromatic heterocycles. The van der Waals surface area contributed by atoms with E-state index in [2.05, 4.69) is 4.98 Å². The number of hydrogen-bond donors (Lipinski definition) is 1. The summed E-state index contributed by atoms with van der Waals surface area (Å²) in [6.45, 7) is 0. The second-order valence-corrected chi connectivity index (χ2v) is 9.83. The maximum absolute atomic E-state index is 14.0. The SMILES string of the molecule is CS(=O)(=O)Cc1cccc2c(C(c3ccc(Cl)cc3)C3CC3(F)F)c[nH]c12. The minimum absolute atomic E-state index is 0.102. The lowest BCUT2D eigenvalue weighted by molar-refractivity contribution is 0.0955. The van der Waals surface area contributed by atoms with Crippen LogP contribution < -0.4 is 0 Å². The van der Waals surface area contributed by atoms with Gasteiger partial charge >= 0.3 is 0 Å². The van der Waals surface area contributed by atoms with Crippen LogP contribution in [0.1, 0.15) is 29.0 Å². The molecule has 0 aliphatic heterocycles. The quantitative estimate of drug-likeness (QED) is 0.633. The van der Waals surface area contributed by atoms with Gasteiger partial charge in [-0.3, -0.25) is 0 Å². The first-order chi connectivity index (χ1) is 12.7.